The Bertz CT molecular complexity index is 599. The van der Waals surface area contributed by atoms with Gasteiger partial charge in [0, 0.05) is 32.6 Å². The summed E-state index contributed by atoms with van der Waals surface area (Å²) in [5.41, 5.74) is 0.904. The van der Waals surface area contributed by atoms with E-state index < -0.39 is 0 Å². The Hall–Kier alpha value is -1.64. The lowest BCUT2D eigenvalue weighted by atomic mass is 10.2. The molecular formula is C18H25FN2O4S. The van der Waals surface area contributed by atoms with E-state index in [9.17, 15) is 14.0 Å². The number of nitrogens with zero attached hydrogens (tertiary/aromatic N) is 2. The van der Waals surface area contributed by atoms with Crippen molar-refractivity contribution in [3.8, 4) is 0 Å². The number of hydrogen-bond donors (Lipinski definition) is 0. The van der Waals surface area contributed by atoms with Crippen molar-refractivity contribution in [2.75, 3.05) is 52.8 Å². The van der Waals surface area contributed by atoms with E-state index in [4.69, 9.17) is 9.47 Å². The van der Waals surface area contributed by atoms with Crippen LogP contribution in [-0.4, -0.2) is 74.4 Å². The summed E-state index contributed by atoms with van der Waals surface area (Å²) in [5.74, 6) is 0.109. The molecule has 0 unspecified atom stereocenters. The molecule has 0 radical (unpaired) electrons. The zero-order valence-electron chi connectivity index (χ0n) is 15.2. The third-order valence-corrected chi connectivity index (χ3v) is 5.39. The number of ether oxygens (including phenoxy) is 2. The van der Waals surface area contributed by atoms with Gasteiger partial charge in [0.05, 0.1) is 20.2 Å². The van der Waals surface area contributed by atoms with E-state index in [1.54, 1.807) is 40.8 Å². The molecule has 1 aromatic carbocycles. The van der Waals surface area contributed by atoms with Crippen molar-refractivity contribution in [3.05, 3.63) is 35.6 Å². The minimum absolute atomic E-state index is 0.0503. The Morgan fingerprint density at radius 3 is 2.65 bits per heavy atom. The molecule has 2 rings (SSSR count). The largest absolute Gasteiger partial charge is 0.468 e. The van der Waals surface area contributed by atoms with Crippen LogP contribution in [0.2, 0.25) is 0 Å². The number of halogens is 1. The van der Waals surface area contributed by atoms with Crippen LogP contribution in [0.1, 0.15) is 17.4 Å². The highest BCUT2D eigenvalue weighted by Crippen LogP contribution is 2.37. The van der Waals surface area contributed by atoms with Crippen molar-refractivity contribution in [3.63, 3.8) is 0 Å². The summed E-state index contributed by atoms with van der Waals surface area (Å²) in [4.78, 5) is 28.0. The van der Waals surface area contributed by atoms with Crippen molar-refractivity contribution in [1.29, 1.82) is 0 Å². The molecule has 1 atom stereocenters. The SMILES string of the molecule is COCCCN(CC(=O)OC)CC(=O)N1CCS[C@@H]1c1ccc(F)cc1. The second-order valence-corrected chi connectivity index (χ2v) is 7.18. The van der Waals surface area contributed by atoms with Crippen molar-refractivity contribution in [2.45, 2.75) is 11.8 Å². The quantitative estimate of drug-likeness (QED) is 0.479. The van der Waals surface area contributed by atoms with Gasteiger partial charge in [-0.3, -0.25) is 14.5 Å². The molecule has 0 spiro atoms. The molecule has 1 fully saturated rings. The van der Waals surface area contributed by atoms with Gasteiger partial charge in [-0.05, 0) is 24.1 Å². The summed E-state index contributed by atoms with van der Waals surface area (Å²) < 4.78 is 22.9. The van der Waals surface area contributed by atoms with Gasteiger partial charge in [0.25, 0.3) is 0 Å². The standard InChI is InChI=1S/C18H25FN2O4S/c1-24-10-3-8-20(13-17(23)25-2)12-16(22)21-9-11-26-18(21)14-4-6-15(19)7-5-14/h4-7,18H,3,8-13H2,1-2H3/t18-/m1/s1. The monoisotopic (exact) mass is 384 g/mol. The lowest BCUT2D eigenvalue weighted by Crippen LogP contribution is -2.42. The molecule has 26 heavy (non-hydrogen) atoms. The third kappa shape index (κ3) is 5.96. The summed E-state index contributed by atoms with van der Waals surface area (Å²) in [7, 11) is 2.95. The Balaban J connectivity index is 2.01. The van der Waals surface area contributed by atoms with Gasteiger partial charge in [-0.25, -0.2) is 4.39 Å². The second-order valence-electron chi connectivity index (χ2n) is 5.99. The molecule has 0 N–H and O–H groups in total. The van der Waals surface area contributed by atoms with Crippen molar-refractivity contribution in [1.82, 2.24) is 9.80 Å². The number of carbonyl (C=O) groups is 2. The van der Waals surface area contributed by atoms with E-state index in [0.29, 0.717) is 19.7 Å². The van der Waals surface area contributed by atoms with Gasteiger partial charge in [-0.1, -0.05) is 12.1 Å². The van der Waals surface area contributed by atoms with Crippen LogP contribution in [0, 0.1) is 5.82 Å². The van der Waals surface area contributed by atoms with Gasteiger partial charge in [0.15, 0.2) is 0 Å². The average Bonchev–Trinajstić information content (AvgIpc) is 3.12. The predicted octanol–water partition coefficient (Wildman–Crippen LogP) is 1.91. The first-order chi connectivity index (χ1) is 12.5. The maximum atomic E-state index is 13.2. The number of rotatable bonds is 9. The lowest BCUT2D eigenvalue weighted by molar-refractivity contribution is -0.143. The molecule has 1 aromatic rings. The Labute approximate surface area is 157 Å². The summed E-state index contributed by atoms with van der Waals surface area (Å²) in [6, 6.07) is 6.24. The second kappa shape index (κ2) is 10.5. The molecule has 1 aliphatic rings. The van der Waals surface area contributed by atoms with Gasteiger partial charge < -0.3 is 14.4 Å². The Kier molecular flexibility index (Phi) is 8.34. The molecule has 0 aliphatic carbocycles. The van der Waals surface area contributed by atoms with Crippen molar-refractivity contribution >= 4 is 23.6 Å². The van der Waals surface area contributed by atoms with Crippen LogP contribution in [0.3, 0.4) is 0 Å². The van der Waals surface area contributed by atoms with Crippen molar-refractivity contribution < 1.29 is 23.5 Å². The number of esters is 1. The zero-order valence-corrected chi connectivity index (χ0v) is 16.0. The summed E-state index contributed by atoms with van der Waals surface area (Å²) in [6.07, 6.45) is 0.719. The van der Waals surface area contributed by atoms with E-state index in [1.807, 2.05) is 0 Å². The molecule has 144 valence electrons. The summed E-state index contributed by atoms with van der Waals surface area (Å²) in [5, 5.41) is -0.123. The zero-order chi connectivity index (χ0) is 18.9. The maximum Gasteiger partial charge on any atom is 0.319 e. The molecular weight excluding hydrogens is 359 g/mol. The van der Waals surface area contributed by atoms with Crippen LogP contribution in [0.4, 0.5) is 4.39 Å². The van der Waals surface area contributed by atoms with Crippen LogP contribution in [0.5, 0.6) is 0 Å². The fraction of sp³-hybridized carbons (Fsp3) is 0.556. The normalized spacial score (nSPS) is 16.9. The van der Waals surface area contributed by atoms with E-state index in [1.165, 1.54) is 19.2 Å². The van der Waals surface area contributed by atoms with Crippen LogP contribution in [0.25, 0.3) is 0 Å². The Morgan fingerprint density at radius 1 is 1.27 bits per heavy atom. The van der Waals surface area contributed by atoms with Crippen LogP contribution < -0.4 is 0 Å². The number of benzene rings is 1. The average molecular weight is 384 g/mol. The highest BCUT2D eigenvalue weighted by Gasteiger charge is 2.31. The maximum absolute atomic E-state index is 13.2. The number of amides is 1. The smallest absolute Gasteiger partial charge is 0.319 e. The number of hydrogen-bond acceptors (Lipinski definition) is 6. The molecule has 0 bridgehead atoms. The highest BCUT2D eigenvalue weighted by atomic mass is 32.2. The minimum atomic E-state index is -0.374. The van der Waals surface area contributed by atoms with Crippen LogP contribution >= 0.6 is 11.8 Å². The van der Waals surface area contributed by atoms with Gasteiger partial charge in [0.2, 0.25) is 5.91 Å². The van der Waals surface area contributed by atoms with E-state index in [-0.39, 0.29) is 36.2 Å². The highest BCUT2D eigenvalue weighted by molar-refractivity contribution is 7.99. The molecule has 8 heteroatoms. The van der Waals surface area contributed by atoms with Gasteiger partial charge in [0.1, 0.15) is 11.2 Å². The van der Waals surface area contributed by atoms with Gasteiger partial charge in [-0.2, -0.15) is 0 Å². The first-order valence-corrected chi connectivity index (χ1v) is 9.54. The van der Waals surface area contributed by atoms with Crippen molar-refractivity contribution in [2.24, 2.45) is 0 Å². The molecule has 0 saturated carbocycles. The topological polar surface area (TPSA) is 59.1 Å². The van der Waals surface area contributed by atoms with E-state index in [2.05, 4.69) is 0 Å². The number of carbonyl (C=O) groups excluding carboxylic acids is 2. The summed E-state index contributed by atoms with van der Waals surface area (Å²) in [6.45, 7) is 1.96. The van der Waals surface area contributed by atoms with Gasteiger partial charge in [-0.15, -0.1) is 11.8 Å². The van der Waals surface area contributed by atoms with Crippen LogP contribution in [-0.2, 0) is 19.1 Å². The molecule has 1 aliphatic heterocycles. The van der Waals surface area contributed by atoms with Gasteiger partial charge >= 0.3 is 5.97 Å². The minimum Gasteiger partial charge on any atom is -0.468 e. The third-order valence-electron chi connectivity index (χ3n) is 4.13. The molecule has 0 aromatic heterocycles. The van der Waals surface area contributed by atoms with E-state index >= 15 is 0 Å². The molecule has 1 amide bonds. The lowest BCUT2D eigenvalue weighted by Gasteiger charge is -2.28. The molecule has 6 nitrogen and oxygen atoms in total. The summed E-state index contributed by atoms with van der Waals surface area (Å²) >= 11 is 1.66. The number of methoxy groups -OCH3 is 2. The molecule has 1 heterocycles. The van der Waals surface area contributed by atoms with E-state index in [0.717, 1.165) is 17.7 Å². The predicted molar refractivity (Wildman–Crippen MR) is 98.3 cm³/mol. The van der Waals surface area contributed by atoms with Crippen LogP contribution in [0.15, 0.2) is 24.3 Å². The number of thioether (sulfide) groups is 1. The first kappa shape index (κ1) is 20.7. The first-order valence-electron chi connectivity index (χ1n) is 8.49. The molecule has 1 saturated heterocycles. The Morgan fingerprint density at radius 2 is 2.00 bits per heavy atom. The fourth-order valence-electron chi connectivity index (χ4n) is 2.80. The fourth-order valence-corrected chi connectivity index (χ4v) is 4.08.